The zero-order valence-electron chi connectivity index (χ0n) is 9.77. The molecule has 3 nitrogen and oxygen atoms in total. The van der Waals surface area contributed by atoms with Gasteiger partial charge in [-0.3, -0.25) is 0 Å². The monoisotopic (exact) mass is 243 g/mol. The fraction of sp³-hybridized carbons (Fsp3) is 0.231. The molecule has 4 heteroatoms. The number of hydrogen-bond acceptors (Lipinski definition) is 4. The molecule has 0 aliphatic rings. The van der Waals surface area contributed by atoms with Gasteiger partial charge in [0.1, 0.15) is 5.01 Å². The predicted octanol–water partition coefficient (Wildman–Crippen LogP) is 3.44. The summed E-state index contributed by atoms with van der Waals surface area (Å²) in [7, 11) is 0. The molecule has 1 atom stereocenters. The topological polar surface area (TPSA) is 48.7 Å². The van der Waals surface area contributed by atoms with Crippen molar-refractivity contribution < 1.29 is 0 Å². The molecule has 2 aromatic rings. The van der Waals surface area contributed by atoms with Crippen molar-refractivity contribution in [3.8, 4) is 6.07 Å². The number of aryl methyl sites for hydroxylation is 2. The van der Waals surface area contributed by atoms with Crippen LogP contribution in [0, 0.1) is 25.2 Å². The summed E-state index contributed by atoms with van der Waals surface area (Å²) in [5.74, 6) is 0. The van der Waals surface area contributed by atoms with Crippen LogP contribution in [0.25, 0.3) is 0 Å². The summed E-state index contributed by atoms with van der Waals surface area (Å²) in [5.41, 5.74) is 3.10. The molecular formula is C13H13N3S. The van der Waals surface area contributed by atoms with Crippen molar-refractivity contribution in [2.24, 2.45) is 0 Å². The lowest BCUT2D eigenvalue weighted by atomic mass is 10.2. The van der Waals surface area contributed by atoms with E-state index in [9.17, 15) is 0 Å². The first kappa shape index (κ1) is 11.6. The third kappa shape index (κ3) is 2.83. The Kier molecular flexibility index (Phi) is 3.40. The molecule has 0 aliphatic carbocycles. The fourth-order valence-corrected chi connectivity index (χ4v) is 2.26. The van der Waals surface area contributed by atoms with Crippen LogP contribution in [0.2, 0.25) is 0 Å². The molecule has 0 saturated heterocycles. The lowest BCUT2D eigenvalue weighted by Crippen LogP contribution is -2.08. The molecule has 1 heterocycles. The molecule has 0 saturated carbocycles. The number of benzene rings is 1. The molecule has 0 aliphatic heterocycles. The highest BCUT2D eigenvalue weighted by atomic mass is 32.1. The second-order valence-electron chi connectivity index (χ2n) is 3.90. The van der Waals surface area contributed by atoms with Gasteiger partial charge in [0, 0.05) is 16.8 Å². The molecule has 1 aromatic carbocycles. The second-order valence-corrected chi connectivity index (χ2v) is 4.79. The smallest absolute Gasteiger partial charge is 0.166 e. The van der Waals surface area contributed by atoms with Gasteiger partial charge in [-0.2, -0.15) is 5.26 Å². The molecule has 0 spiro atoms. The zero-order valence-corrected chi connectivity index (χ0v) is 10.6. The van der Waals surface area contributed by atoms with Gasteiger partial charge in [0.05, 0.1) is 6.07 Å². The van der Waals surface area contributed by atoms with Crippen molar-refractivity contribution in [2.75, 3.05) is 5.32 Å². The summed E-state index contributed by atoms with van der Waals surface area (Å²) < 4.78 is 0. The Bertz CT molecular complexity index is 537. The van der Waals surface area contributed by atoms with Gasteiger partial charge in [-0.1, -0.05) is 17.7 Å². The van der Waals surface area contributed by atoms with E-state index in [1.165, 1.54) is 16.9 Å². The van der Waals surface area contributed by atoms with E-state index < -0.39 is 0 Å². The van der Waals surface area contributed by atoms with Crippen molar-refractivity contribution in [1.82, 2.24) is 4.98 Å². The molecule has 0 radical (unpaired) electrons. The molecule has 1 unspecified atom stereocenters. The Labute approximate surface area is 105 Å². The molecule has 2 rings (SSSR count). The molecule has 1 N–H and O–H groups in total. The number of rotatable bonds is 3. The fourth-order valence-electron chi connectivity index (χ4n) is 1.47. The van der Waals surface area contributed by atoms with Crippen molar-refractivity contribution in [3.63, 3.8) is 0 Å². The SMILES string of the molecule is Cc1ccc(NC(C#N)c2nc(C)cs2)cc1. The van der Waals surface area contributed by atoms with E-state index in [4.69, 9.17) is 5.26 Å². The van der Waals surface area contributed by atoms with Gasteiger partial charge in [0.25, 0.3) is 0 Å². The molecule has 0 bridgehead atoms. The van der Waals surface area contributed by atoms with Gasteiger partial charge in [-0.05, 0) is 26.0 Å². The van der Waals surface area contributed by atoms with Crippen LogP contribution in [-0.4, -0.2) is 4.98 Å². The number of anilines is 1. The Hall–Kier alpha value is -1.86. The molecule has 1 aromatic heterocycles. The first-order chi connectivity index (χ1) is 8.19. The number of aromatic nitrogens is 1. The van der Waals surface area contributed by atoms with E-state index >= 15 is 0 Å². The third-order valence-electron chi connectivity index (χ3n) is 2.38. The van der Waals surface area contributed by atoms with Crippen LogP contribution in [0.4, 0.5) is 5.69 Å². The summed E-state index contributed by atoms with van der Waals surface area (Å²) in [6.45, 7) is 3.97. The number of thiazole rings is 1. The zero-order chi connectivity index (χ0) is 12.3. The Morgan fingerprint density at radius 2 is 2.00 bits per heavy atom. The minimum atomic E-state index is -0.378. The number of hydrogen-bond donors (Lipinski definition) is 1. The van der Waals surface area contributed by atoms with E-state index in [0.717, 1.165) is 16.4 Å². The average Bonchev–Trinajstić information content (AvgIpc) is 2.75. The maximum atomic E-state index is 9.16. The normalized spacial score (nSPS) is 11.8. The summed E-state index contributed by atoms with van der Waals surface area (Å²) >= 11 is 1.51. The quantitative estimate of drug-likeness (QED) is 0.898. The standard InChI is InChI=1S/C13H13N3S/c1-9-3-5-11(6-4-9)16-12(7-14)13-15-10(2)8-17-13/h3-6,8,12,16H,1-2H3. The van der Waals surface area contributed by atoms with E-state index in [0.29, 0.717) is 0 Å². The van der Waals surface area contributed by atoms with E-state index in [2.05, 4.69) is 16.4 Å². The van der Waals surface area contributed by atoms with Crippen LogP contribution in [0.3, 0.4) is 0 Å². The minimum Gasteiger partial charge on any atom is -0.364 e. The van der Waals surface area contributed by atoms with Crippen LogP contribution in [-0.2, 0) is 0 Å². The highest BCUT2D eigenvalue weighted by Crippen LogP contribution is 2.22. The molecule has 0 amide bonds. The van der Waals surface area contributed by atoms with Gasteiger partial charge in [-0.15, -0.1) is 11.3 Å². The van der Waals surface area contributed by atoms with Gasteiger partial charge in [0.2, 0.25) is 0 Å². The Morgan fingerprint density at radius 3 is 2.53 bits per heavy atom. The lowest BCUT2D eigenvalue weighted by molar-refractivity contribution is 0.963. The first-order valence-electron chi connectivity index (χ1n) is 5.34. The second kappa shape index (κ2) is 4.98. The van der Waals surface area contributed by atoms with Crippen molar-refractivity contribution in [3.05, 3.63) is 45.9 Å². The number of nitrogens with zero attached hydrogens (tertiary/aromatic N) is 2. The van der Waals surface area contributed by atoms with E-state index in [-0.39, 0.29) is 6.04 Å². The highest BCUT2D eigenvalue weighted by Gasteiger charge is 2.13. The number of nitrogens with one attached hydrogen (secondary N) is 1. The van der Waals surface area contributed by atoms with Crippen molar-refractivity contribution in [2.45, 2.75) is 19.9 Å². The summed E-state index contributed by atoms with van der Waals surface area (Å²) in [5, 5.41) is 15.1. The van der Waals surface area contributed by atoms with Gasteiger partial charge < -0.3 is 5.32 Å². The molecule has 0 fully saturated rings. The number of nitriles is 1. The maximum Gasteiger partial charge on any atom is 0.166 e. The van der Waals surface area contributed by atoms with E-state index in [1.54, 1.807) is 0 Å². The third-order valence-corrected chi connectivity index (χ3v) is 3.40. The van der Waals surface area contributed by atoms with Crippen molar-refractivity contribution in [1.29, 1.82) is 5.26 Å². The van der Waals surface area contributed by atoms with Crippen LogP contribution in [0.15, 0.2) is 29.6 Å². The van der Waals surface area contributed by atoms with E-state index in [1.807, 2.05) is 43.5 Å². The molecule has 17 heavy (non-hydrogen) atoms. The summed E-state index contributed by atoms with van der Waals surface area (Å²) in [6.07, 6.45) is 0. The molecule has 86 valence electrons. The maximum absolute atomic E-state index is 9.16. The minimum absolute atomic E-state index is 0.378. The van der Waals surface area contributed by atoms with Crippen LogP contribution >= 0.6 is 11.3 Å². The summed E-state index contributed by atoms with van der Waals surface area (Å²) in [6, 6.07) is 9.83. The highest BCUT2D eigenvalue weighted by molar-refractivity contribution is 7.09. The first-order valence-corrected chi connectivity index (χ1v) is 6.22. The largest absolute Gasteiger partial charge is 0.364 e. The summed E-state index contributed by atoms with van der Waals surface area (Å²) in [4.78, 5) is 4.33. The average molecular weight is 243 g/mol. The Morgan fingerprint density at radius 1 is 1.29 bits per heavy atom. The van der Waals surface area contributed by atoms with Gasteiger partial charge in [0.15, 0.2) is 6.04 Å². The van der Waals surface area contributed by atoms with Gasteiger partial charge >= 0.3 is 0 Å². The Balaban J connectivity index is 2.16. The van der Waals surface area contributed by atoms with Gasteiger partial charge in [-0.25, -0.2) is 4.98 Å². The van der Waals surface area contributed by atoms with Crippen molar-refractivity contribution >= 4 is 17.0 Å². The van der Waals surface area contributed by atoms with Crippen LogP contribution in [0.5, 0.6) is 0 Å². The predicted molar refractivity (Wildman–Crippen MR) is 70.0 cm³/mol. The molecular weight excluding hydrogens is 230 g/mol. The van der Waals surface area contributed by atoms with Crippen LogP contribution < -0.4 is 5.32 Å². The lowest BCUT2D eigenvalue weighted by Gasteiger charge is -2.10. The van der Waals surface area contributed by atoms with Crippen LogP contribution in [0.1, 0.15) is 22.3 Å².